The third kappa shape index (κ3) is 4.42. The molecule has 0 aliphatic heterocycles. The van der Waals surface area contributed by atoms with Gasteiger partial charge >= 0.3 is 0 Å². The minimum atomic E-state index is 0.528. The van der Waals surface area contributed by atoms with Crippen LogP contribution in [-0.2, 0) is 4.74 Å². The van der Waals surface area contributed by atoms with E-state index in [-0.39, 0.29) is 0 Å². The van der Waals surface area contributed by atoms with E-state index in [1.165, 1.54) is 25.7 Å². The Morgan fingerprint density at radius 1 is 1.13 bits per heavy atom. The van der Waals surface area contributed by atoms with Crippen LogP contribution in [0.1, 0.15) is 25.7 Å². The van der Waals surface area contributed by atoms with Gasteiger partial charge in [-0.25, -0.2) is 4.98 Å². The van der Waals surface area contributed by atoms with Crippen LogP contribution in [0.5, 0.6) is 0 Å². The molecule has 1 fully saturated rings. The minimum absolute atomic E-state index is 0.528. The zero-order valence-corrected chi connectivity index (χ0v) is 13.6. The molecule has 3 rings (SSSR count). The lowest BCUT2D eigenvalue weighted by Gasteiger charge is -2.15. The van der Waals surface area contributed by atoms with Crippen molar-refractivity contribution >= 4 is 11.8 Å². The zero-order chi connectivity index (χ0) is 15.9. The van der Waals surface area contributed by atoms with Crippen molar-refractivity contribution in [2.75, 3.05) is 30.9 Å². The van der Waals surface area contributed by atoms with E-state index in [2.05, 4.69) is 32.7 Å². The predicted octanol–water partition coefficient (Wildman–Crippen LogP) is 3.56. The molecule has 5 heteroatoms. The molecule has 0 radical (unpaired) electrons. The Bertz CT molecular complexity index is 612. The smallest absolute Gasteiger partial charge is 0.225 e. The SMILES string of the molecule is COCCNc1nc(NC2CCCC2)cc(-c2ccccc2)n1. The van der Waals surface area contributed by atoms with E-state index < -0.39 is 0 Å². The molecule has 1 aliphatic carbocycles. The van der Waals surface area contributed by atoms with Gasteiger partial charge in [0, 0.05) is 31.3 Å². The number of anilines is 2. The molecule has 1 saturated carbocycles. The fraction of sp³-hybridized carbons (Fsp3) is 0.444. The summed E-state index contributed by atoms with van der Waals surface area (Å²) >= 11 is 0. The van der Waals surface area contributed by atoms with Crippen molar-refractivity contribution in [3.05, 3.63) is 36.4 Å². The molecule has 0 bridgehead atoms. The van der Waals surface area contributed by atoms with Crippen molar-refractivity contribution in [1.82, 2.24) is 9.97 Å². The summed E-state index contributed by atoms with van der Waals surface area (Å²) in [5, 5.41) is 6.79. The number of rotatable bonds is 7. The highest BCUT2D eigenvalue weighted by Gasteiger charge is 2.16. The molecule has 23 heavy (non-hydrogen) atoms. The fourth-order valence-electron chi connectivity index (χ4n) is 2.90. The summed E-state index contributed by atoms with van der Waals surface area (Å²) in [6.07, 6.45) is 5.04. The molecule has 1 aromatic carbocycles. The molecule has 1 heterocycles. The maximum atomic E-state index is 5.08. The first-order valence-corrected chi connectivity index (χ1v) is 8.29. The van der Waals surface area contributed by atoms with Crippen LogP contribution in [0.15, 0.2) is 36.4 Å². The summed E-state index contributed by atoms with van der Waals surface area (Å²) < 4.78 is 5.08. The Balaban J connectivity index is 1.83. The van der Waals surface area contributed by atoms with Gasteiger partial charge < -0.3 is 15.4 Å². The first kappa shape index (κ1) is 15.7. The molecule has 0 saturated heterocycles. The quantitative estimate of drug-likeness (QED) is 0.766. The summed E-state index contributed by atoms with van der Waals surface area (Å²) in [5.74, 6) is 1.54. The molecule has 1 aromatic heterocycles. The average molecular weight is 312 g/mol. The molecule has 2 N–H and O–H groups in total. The summed E-state index contributed by atoms with van der Waals surface area (Å²) in [7, 11) is 1.69. The van der Waals surface area contributed by atoms with Crippen molar-refractivity contribution in [3.63, 3.8) is 0 Å². The van der Waals surface area contributed by atoms with E-state index in [0.29, 0.717) is 25.1 Å². The number of benzene rings is 1. The van der Waals surface area contributed by atoms with Crippen LogP contribution in [0.2, 0.25) is 0 Å². The maximum Gasteiger partial charge on any atom is 0.225 e. The van der Waals surface area contributed by atoms with Gasteiger partial charge in [-0.05, 0) is 12.8 Å². The standard InChI is InChI=1S/C18H24N4O/c1-23-12-11-19-18-21-16(14-7-3-2-4-8-14)13-17(22-18)20-15-9-5-6-10-15/h2-4,7-8,13,15H,5-6,9-12H2,1H3,(H2,19,20,21,22). The number of ether oxygens (including phenoxy) is 1. The monoisotopic (exact) mass is 312 g/mol. The maximum absolute atomic E-state index is 5.08. The number of methoxy groups -OCH3 is 1. The summed E-state index contributed by atoms with van der Waals surface area (Å²) in [4.78, 5) is 9.24. The van der Waals surface area contributed by atoms with Gasteiger partial charge in [-0.2, -0.15) is 4.98 Å². The largest absolute Gasteiger partial charge is 0.383 e. The number of hydrogen-bond donors (Lipinski definition) is 2. The lowest BCUT2D eigenvalue weighted by Crippen LogP contribution is -2.17. The minimum Gasteiger partial charge on any atom is -0.383 e. The molecule has 1 aliphatic rings. The van der Waals surface area contributed by atoms with Crippen molar-refractivity contribution < 1.29 is 4.74 Å². The van der Waals surface area contributed by atoms with Crippen molar-refractivity contribution in [3.8, 4) is 11.3 Å². The first-order valence-electron chi connectivity index (χ1n) is 8.29. The second kappa shape index (κ2) is 7.92. The Labute approximate surface area is 137 Å². The predicted molar refractivity (Wildman–Crippen MR) is 93.7 cm³/mol. The van der Waals surface area contributed by atoms with E-state index in [1.54, 1.807) is 7.11 Å². The van der Waals surface area contributed by atoms with E-state index in [0.717, 1.165) is 17.1 Å². The lowest BCUT2D eigenvalue weighted by molar-refractivity contribution is 0.210. The van der Waals surface area contributed by atoms with Gasteiger partial charge in [0.15, 0.2) is 0 Å². The summed E-state index contributed by atoms with van der Waals surface area (Å²) in [6, 6.07) is 12.8. The second-order valence-electron chi connectivity index (χ2n) is 5.87. The van der Waals surface area contributed by atoms with Gasteiger partial charge in [0.2, 0.25) is 5.95 Å². The Morgan fingerprint density at radius 3 is 2.65 bits per heavy atom. The molecule has 0 amide bonds. The van der Waals surface area contributed by atoms with Crippen molar-refractivity contribution in [2.24, 2.45) is 0 Å². The van der Waals surface area contributed by atoms with Gasteiger partial charge in [0.1, 0.15) is 5.82 Å². The normalized spacial score (nSPS) is 14.8. The summed E-state index contributed by atoms with van der Waals surface area (Å²) in [5.41, 5.74) is 2.03. The topological polar surface area (TPSA) is 59.1 Å². The highest BCUT2D eigenvalue weighted by atomic mass is 16.5. The molecule has 0 unspecified atom stereocenters. The molecule has 2 aromatic rings. The number of nitrogens with zero attached hydrogens (tertiary/aromatic N) is 2. The molecular formula is C18H24N4O. The third-order valence-electron chi connectivity index (χ3n) is 4.09. The van der Waals surface area contributed by atoms with Gasteiger partial charge in [0.05, 0.1) is 12.3 Å². The zero-order valence-electron chi connectivity index (χ0n) is 13.6. The van der Waals surface area contributed by atoms with Crippen LogP contribution >= 0.6 is 0 Å². The van der Waals surface area contributed by atoms with Crippen LogP contribution in [0.3, 0.4) is 0 Å². The van der Waals surface area contributed by atoms with Crippen LogP contribution in [0.4, 0.5) is 11.8 Å². The van der Waals surface area contributed by atoms with Crippen molar-refractivity contribution in [2.45, 2.75) is 31.7 Å². The van der Waals surface area contributed by atoms with E-state index >= 15 is 0 Å². The fourth-order valence-corrected chi connectivity index (χ4v) is 2.90. The average Bonchev–Trinajstić information content (AvgIpc) is 3.09. The Kier molecular flexibility index (Phi) is 5.42. The van der Waals surface area contributed by atoms with E-state index in [1.807, 2.05) is 24.3 Å². The van der Waals surface area contributed by atoms with E-state index in [4.69, 9.17) is 4.74 Å². The first-order chi connectivity index (χ1) is 11.3. The molecule has 122 valence electrons. The Hall–Kier alpha value is -2.14. The van der Waals surface area contributed by atoms with Crippen LogP contribution in [-0.4, -0.2) is 36.3 Å². The second-order valence-corrected chi connectivity index (χ2v) is 5.87. The van der Waals surface area contributed by atoms with Crippen LogP contribution in [0.25, 0.3) is 11.3 Å². The number of aromatic nitrogens is 2. The van der Waals surface area contributed by atoms with Gasteiger partial charge in [-0.15, -0.1) is 0 Å². The Morgan fingerprint density at radius 2 is 1.91 bits per heavy atom. The van der Waals surface area contributed by atoms with Gasteiger partial charge in [-0.1, -0.05) is 43.2 Å². The van der Waals surface area contributed by atoms with Crippen molar-refractivity contribution in [1.29, 1.82) is 0 Å². The molecule has 0 spiro atoms. The highest BCUT2D eigenvalue weighted by molar-refractivity contribution is 5.64. The molecular weight excluding hydrogens is 288 g/mol. The molecule has 5 nitrogen and oxygen atoms in total. The highest BCUT2D eigenvalue weighted by Crippen LogP contribution is 2.25. The third-order valence-corrected chi connectivity index (χ3v) is 4.09. The lowest BCUT2D eigenvalue weighted by atomic mass is 10.1. The van der Waals surface area contributed by atoms with E-state index in [9.17, 15) is 0 Å². The molecule has 0 atom stereocenters. The summed E-state index contributed by atoms with van der Waals surface area (Å²) in [6.45, 7) is 1.32. The number of hydrogen-bond acceptors (Lipinski definition) is 5. The van der Waals surface area contributed by atoms with Gasteiger partial charge in [-0.3, -0.25) is 0 Å². The van der Waals surface area contributed by atoms with Gasteiger partial charge in [0.25, 0.3) is 0 Å². The van der Waals surface area contributed by atoms with Crippen LogP contribution < -0.4 is 10.6 Å². The van der Waals surface area contributed by atoms with Crippen LogP contribution in [0, 0.1) is 0 Å². The number of nitrogens with one attached hydrogen (secondary N) is 2.